The topological polar surface area (TPSA) is 71.5 Å². The van der Waals surface area contributed by atoms with E-state index in [0.29, 0.717) is 6.61 Å². The van der Waals surface area contributed by atoms with E-state index in [0.717, 1.165) is 19.6 Å². The van der Waals surface area contributed by atoms with Crippen molar-refractivity contribution in [3.63, 3.8) is 0 Å². The molecule has 1 N–H and O–H groups in total. The lowest BCUT2D eigenvalue weighted by molar-refractivity contribution is -0.0229. The van der Waals surface area contributed by atoms with E-state index in [1.165, 1.54) is 18.3 Å². The molecule has 0 aliphatic carbocycles. The van der Waals surface area contributed by atoms with Crippen LogP contribution in [-0.2, 0) is 14.8 Å². The van der Waals surface area contributed by atoms with Crippen LogP contribution in [0.3, 0.4) is 0 Å². The number of hydrogen-bond acceptors (Lipinski definition) is 5. The fourth-order valence-corrected chi connectivity index (χ4v) is 3.12. The van der Waals surface area contributed by atoms with Gasteiger partial charge in [0, 0.05) is 25.8 Å². The van der Waals surface area contributed by atoms with Gasteiger partial charge in [-0.25, -0.2) is 18.1 Å². The fraction of sp³-hybridized carbons (Fsp3) is 0.583. The number of hydrogen-bond donors (Lipinski definition) is 1. The Hall–Kier alpha value is -0.730. The number of nitrogens with one attached hydrogen (secondary N) is 1. The summed E-state index contributed by atoms with van der Waals surface area (Å²) < 4.78 is 32.2. The molecule has 2 heterocycles. The molecule has 1 aromatic rings. The van der Waals surface area contributed by atoms with Crippen molar-refractivity contribution < 1.29 is 13.2 Å². The van der Waals surface area contributed by atoms with Gasteiger partial charge < -0.3 is 4.74 Å². The van der Waals surface area contributed by atoms with E-state index in [4.69, 9.17) is 16.3 Å². The van der Waals surface area contributed by atoms with E-state index in [1.807, 2.05) is 0 Å². The first kappa shape index (κ1) is 15.7. The molecular formula is C12H18ClN3O3S. The van der Waals surface area contributed by atoms with Crippen molar-refractivity contribution >= 4 is 21.6 Å². The lowest BCUT2D eigenvalue weighted by atomic mass is 10.3. The first-order valence-electron chi connectivity index (χ1n) is 6.46. The van der Waals surface area contributed by atoms with Gasteiger partial charge in [-0.2, -0.15) is 0 Å². The Morgan fingerprint density at radius 1 is 1.55 bits per heavy atom. The summed E-state index contributed by atoms with van der Waals surface area (Å²) in [5.41, 5.74) is 0. The third-order valence-corrected chi connectivity index (χ3v) is 4.81. The molecule has 1 fully saturated rings. The summed E-state index contributed by atoms with van der Waals surface area (Å²) in [4.78, 5) is 6.10. The van der Waals surface area contributed by atoms with Gasteiger partial charge >= 0.3 is 0 Å². The molecule has 0 radical (unpaired) electrons. The molecule has 1 aliphatic heterocycles. The number of rotatable bonds is 5. The lowest BCUT2D eigenvalue weighted by Gasteiger charge is -2.32. The van der Waals surface area contributed by atoms with Crippen molar-refractivity contribution in [1.29, 1.82) is 0 Å². The van der Waals surface area contributed by atoms with Gasteiger partial charge in [0.2, 0.25) is 10.0 Å². The summed E-state index contributed by atoms with van der Waals surface area (Å²) in [6.45, 7) is 5.52. The van der Waals surface area contributed by atoms with Gasteiger partial charge in [-0.3, -0.25) is 4.90 Å². The van der Waals surface area contributed by atoms with Crippen molar-refractivity contribution in [3.05, 3.63) is 23.5 Å². The first-order valence-corrected chi connectivity index (χ1v) is 8.32. The van der Waals surface area contributed by atoms with Crippen molar-refractivity contribution in [1.82, 2.24) is 14.6 Å². The zero-order valence-electron chi connectivity index (χ0n) is 11.3. The number of ether oxygens (including phenoxy) is 1. The van der Waals surface area contributed by atoms with E-state index in [1.54, 1.807) is 0 Å². The Morgan fingerprint density at radius 2 is 2.35 bits per heavy atom. The molecule has 0 bridgehead atoms. The number of pyridine rings is 1. The van der Waals surface area contributed by atoms with Gasteiger partial charge in [0.05, 0.1) is 12.7 Å². The summed E-state index contributed by atoms with van der Waals surface area (Å²) in [7, 11) is -3.57. The maximum absolute atomic E-state index is 12.1. The van der Waals surface area contributed by atoms with E-state index < -0.39 is 10.0 Å². The number of halogens is 1. The number of aromatic nitrogens is 1. The minimum Gasteiger partial charge on any atom is -0.374 e. The maximum atomic E-state index is 12.1. The standard InChI is InChI=1S/C12H18ClN3O3S/c1-2-16-5-6-19-10(9-16)7-15-20(17,18)11-3-4-12(13)14-8-11/h3-4,8,10,15H,2,5-7,9H2,1H3. The van der Waals surface area contributed by atoms with Gasteiger partial charge in [-0.05, 0) is 18.7 Å². The van der Waals surface area contributed by atoms with Gasteiger partial charge in [0.15, 0.2) is 0 Å². The number of morpholine rings is 1. The molecule has 1 atom stereocenters. The Bertz CT molecular complexity index is 535. The van der Waals surface area contributed by atoms with Crippen molar-refractivity contribution in [2.75, 3.05) is 32.8 Å². The molecule has 2 rings (SSSR count). The van der Waals surface area contributed by atoms with Crippen LogP contribution >= 0.6 is 11.6 Å². The van der Waals surface area contributed by atoms with Crippen LogP contribution in [0.4, 0.5) is 0 Å². The molecule has 20 heavy (non-hydrogen) atoms. The van der Waals surface area contributed by atoms with Crippen LogP contribution in [0.25, 0.3) is 0 Å². The van der Waals surface area contributed by atoms with Gasteiger partial charge in [-0.15, -0.1) is 0 Å². The molecule has 1 saturated heterocycles. The predicted octanol–water partition coefficient (Wildman–Crippen LogP) is 0.734. The molecule has 1 aromatic heterocycles. The smallest absolute Gasteiger partial charge is 0.242 e. The molecule has 0 aromatic carbocycles. The average molecular weight is 320 g/mol. The largest absolute Gasteiger partial charge is 0.374 e. The van der Waals surface area contributed by atoms with Crippen LogP contribution in [-0.4, -0.2) is 57.2 Å². The second kappa shape index (κ2) is 6.82. The minimum atomic E-state index is -3.57. The van der Waals surface area contributed by atoms with Gasteiger partial charge in [0.25, 0.3) is 0 Å². The SMILES string of the molecule is CCN1CCOC(CNS(=O)(=O)c2ccc(Cl)nc2)C1. The molecule has 0 amide bonds. The molecule has 112 valence electrons. The Balaban J connectivity index is 1.94. The Labute approximate surface area is 124 Å². The number of nitrogens with zero attached hydrogens (tertiary/aromatic N) is 2. The first-order chi connectivity index (χ1) is 9.51. The molecule has 0 spiro atoms. The zero-order valence-corrected chi connectivity index (χ0v) is 12.8. The summed E-state index contributed by atoms with van der Waals surface area (Å²) in [5.74, 6) is 0. The lowest BCUT2D eigenvalue weighted by Crippen LogP contribution is -2.47. The van der Waals surface area contributed by atoms with Crippen LogP contribution < -0.4 is 4.72 Å². The van der Waals surface area contributed by atoms with E-state index in [9.17, 15) is 8.42 Å². The summed E-state index contributed by atoms with van der Waals surface area (Å²) in [6.07, 6.45) is 1.11. The van der Waals surface area contributed by atoms with Crippen molar-refractivity contribution in [2.24, 2.45) is 0 Å². The Kier molecular flexibility index (Phi) is 5.34. The quantitative estimate of drug-likeness (QED) is 0.810. The fourth-order valence-electron chi connectivity index (χ4n) is 2.00. The molecule has 0 saturated carbocycles. The zero-order chi connectivity index (χ0) is 14.6. The number of likely N-dealkylation sites (N-methyl/N-ethyl adjacent to an activating group) is 1. The predicted molar refractivity (Wildman–Crippen MR) is 76.3 cm³/mol. The van der Waals surface area contributed by atoms with E-state index in [-0.39, 0.29) is 22.7 Å². The highest BCUT2D eigenvalue weighted by Gasteiger charge is 2.22. The molecule has 1 unspecified atom stereocenters. The van der Waals surface area contributed by atoms with Crippen molar-refractivity contribution in [2.45, 2.75) is 17.9 Å². The van der Waals surface area contributed by atoms with Crippen molar-refractivity contribution in [3.8, 4) is 0 Å². The maximum Gasteiger partial charge on any atom is 0.242 e. The van der Waals surface area contributed by atoms with E-state index in [2.05, 4.69) is 21.5 Å². The van der Waals surface area contributed by atoms with Crippen LogP contribution in [0.1, 0.15) is 6.92 Å². The van der Waals surface area contributed by atoms with Crippen LogP contribution in [0.15, 0.2) is 23.2 Å². The normalized spacial score (nSPS) is 21.0. The highest BCUT2D eigenvalue weighted by molar-refractivity contribution is 7.89. The van der Waals surface area contributed by atoms with E-state index >= 15 is 0 Å². The summed E-state index contributed by atoms with van der Waals surface area (Å²) in [5, 5.41) is 0.262. The second-order valence-electron chi connectivity index (χ2n) is 4.55. The van der Waals surface area contributed by atoms with Crippen LogP contribution in [0.2, 0.25) is 5.15 Å². The highest BCUT2D eigenvalue weighted by Crippen LogP contribution is 2.11. The Morgan fingerprint density at radius 3 is 3.00 bits per heavy atom. The molecule has 1 aliphatic rings. The molecule has 8 heteroatoms. The van der Waals surface area contributed by atoms with Gasteiger partial charge in [-0.1, -0.05) is 18.5 Å². The second-order valence-corrected chi connectivity index (χ2v) is 6.71. The molecular weight excluding hydrogens is 302 g/mol. The van der Waals surface area contributed by atoms with Crippen LogP contribution in [0, 0.1) is 0 Å². The molecule has 6 nitrogen and oxygen atoms in total. The summed E-state index contributed by atoms with van der Waals surface area (Å²) in [6, 6.07) is 2.88. The number of sulfonamides is 1. The van der Waals surface area contributed by atoms with Crippen LogP contribution in [0.5, 0.6) is 0 Å². The third kappa shape index (κ3) is 4.13. The summed E-state index contributed by atoms with van der Waals surface area (Å²) >= 11 is 5.64. The monoisotopic (exact) mass is 319 g/mol. The van der Waals surface area contributed by atoms with Gasteiger partial charge in [0.1, 0.15) is 10.0 Å². The average Bonchev–Trinajstić information content (AvgIpc) is 2.46. The highest BCUT2D eigenvalue weighted by atomic mass is 35.5. The minimum absolute atomic E-state index is 0.102. The third-order valence-electron chi connectivity index (χ3n) is 3.18.